The number of rotatable bonds is 5. The first-order chi connectivity index (χ1) is 13.3. The van der Waals surface area contributed by atoms with Crippen LogP contribution in [-0.4, -0.2) is 58.8 Å². The molecule has 28 heavy (non-hydrogen) atoms. The Hall–Kier alpha value is -2.45. The van der Waals surface area contributed by atoms with E-state index in [9.17, 15) is 13.2 Å². The van der Waals surface area contributed by atoms with E-state index in [-0.39, 0.29) is 10.9 Å². The van der Waals surface area contributed by atoms with Crippen molar-refractivity contribution >= 4 is 38.9 Å². The number of nitrogens with zero attached hydrogens (tertiary/aromatic N) is 2. The van der Waals surface area contributed by atoms with Gasteiger partial charge < -0.3 is 14.5 Å². The summed E-state index contributed by atoms with van der Waals surface area (Å²) in [6, 6.07) is 12.4. The summed E-state index contributed by atoms with van der Waals surface area (Å²) in [5.74, 6) is 0.645. The Kier molecular flexibility index (Phi) is 6.00. The Morgan fingerprint density at radius 3 is 2.25 bits per heavy atom. The molecule has 0 radical (unpaired) electrons. The van der Waals surface area contributed by atoms with Crippen LogP contribution in [0.4, 0.5) is 11.4 Å². The summed E-state index contributed by atoms with van der Waals surface area (Å²) in [7, 11) is -1.77. The van der Waals surface area contributed by atoms with Gasteiger partial charge in [-0.3, -0.25) is 9.52 Å². The molecule has 0 atom stereocenters. The normalized spacial score (nSPS) is 14.7. The van der Waals surface area contributed by atoms with Crippen molar-refractivity contribution in [3.63, 3.8) is 0 Å². The van der Waals surface area contributed by atoms with Gasteiger partial charge in [0, 0.05) is 37.6 Å². The van der Waals surface area contributed by atoms with Gasteiger partial charge in [-0.25, -0.2) is 8.42 Å². The molecular formula is C19H22ClN3O4S. The number of benzene rings is 2. The van der Waals surface area contributed by atoms with Crippen molar-refractivity contribution in [1.29, 1.82) is 0 Å². The molecule has 1 heterocycles. The number of hydrogen-bond acceptors (Lipinski definition) is 5. The van der Waals surface area contributed by atoms with Gasteiger partial charge in [-0.2, -0.15) is 0 Å². The summed E-state index contributed by atoms with van der Waals surface area (Å²) in [5, 5.41) is 0.219. The van der Waals surface area contributed by atoms with Crippen LogP contribution in [0.15, 0.2) is 42.5 Å². The number of sulfonamides is 1. The maximum atomic E-state index is 12.8. The summed E-state index contributed by atoms with van der Waals surface area (Å²) in [6.45, 7) is 2.57. The van der Waals surface area contributed by atoms with Crippen LogP contribution in [0.5, 0.6) is 5.75 Å². The second-order valence-corrected chi connectivity index (χ2v) is 8.70. The molecule has 0 saturated carbocycles. The topological polar surface area (TPSA) is 79.0 Å². The molecule has 1 aliphatic rings. The van der Waals surface area contributed by atoms with Crippen molar-refractivity contribution in [2.75, 3.05) is 49.2 Å². The van der Waals surface area contributed by atoms with E-state index in [2.05, 4.69) is 9.62 Å². The molecule has 1 aliphatic heterocycles. The molecule has 2 aromatic rings. The molecule has 9 heteroatoms. The summed E-state index contributed by atoms with van der Waals surface area (Å²) < 4.78 is 30.2. The van der Waals surface area contributed by atoms with Gasteiger partial charge in [0.1, 0.15) is 5.75 Å². The van der Waals surface area contributed by atoms with E-state index in [1.54, 1.807) is 18.1 Å². The minimum atomic E-state index is -3.40. The van der Waals surface area contributed by atoms with E-state index in [0.29, 0.717) is 37.4 Å². The molecule has 0 aliphatic carbocycles. The molecule has 1 saturated heterocycles. The highest BCUT2D eigenvalue weighted by Crippen LogP contribution is 2.25. The lowest BCUT2D eigenvalue weighted by atomic mass is 10.1. The summed E-state index contributed by atoms with van der Waals surface area (Å²) >= 11 is 6.22. The van der Waals surface area contributed by atoms with Crippen LogP contribution in [0.1, 0.15) is 10.4 Å². The number of halogens is 1. The number of carbonyl (C=O) groups is 1. The van der Waals surface area contributed by atoms with Gasteiger partial charge in [-0.1, -0.05) is 11.6 Å². The van der Waals surface area contributed by atoms with Crippen molar-refractivity contribution in [2.24, 2.45) is 0 Å². The Morgan fingerprint density at radius 1 is 1.07 bits per heavy atom. The van der Waals surface area contributed by atoms with Gasteiger partial charge in [0.15, 0.2) is 0 Å². The Balaban J connectivity index is 1.64. The zero-order valence-corrected chi connectivity index (χ0v) is 17.3. The standard InChI is InChI=1S/C19H22ClN3O4S/c1-27-16-6-4-15(5-7-16)22-9-11-23(12-10-22)19(24)17-8-3-14(13-18(17)20)21-28(2,25)26/h3-8,13,21H,9-12H2,1-2H3. The maximum Gasteiger partial charge on any atom is 0.255 e. The number of ether oxygens (including phenoxy) is 1. The van der Waals surface area contributed by atoms with Crippen LogP contribution in [0.3, 0.4) is 0 Å². The fourth-order valence-corrected chi connectivity index (χ4v) is 3.91. The number of piperazine rings is 1. The van der Waals surface area contributed by atoms with Crippen LogP contribution in [0.2, 0.25) is 5.02 Å². The Bertz CT molecular complexity index is 956. The van der Waals surface area contributed by atoms with Gasteiger partial charge >= 0.3 is 0 Å². The summed E-state index contributed by atoms with van der Waals surface area (Å²) in [4.78, 5) is 16.8. The lowest BCUT2D eigenvalue weighted by Gasteiger charge is -2.36. The van der Waals surface area contributed by atoms with Gasteiger partial charge in [0.05, 0.1) is 24.0 Å². The SMILES string of the molecule is COc1ccc(N2CCN(C(=O)c3ccc(NS(C)(=O)=O)cc3Cl)CC2)cc1. The lowest BCUT2D eigenvalue weighted by molar-refractivity contribution is 0.0747. The third-order valence-corrected chi connectivity index (χ3v) is 5.43. The van der Waals surface area contributed by atoms with Gasteiger partial charge in [-0.15, -0.1) is 0 Å². The average molecular weight is 424 g/mol. The highest BCUT2D eigenvalue weighted by atomic mass is 35.5. The molecule has 1 N–H and O–H groups in total. The number of nitrogens with one attached hydrogen (secondary N) is 1. The average Bonchev–Trinajstić information content (AvgIpc) is 2.66. The lowest BCUT2D eigenvalue weighted by Crippen LogP contribution is -2.48. The van der Waals surface area contributed by atoms with Crippen LogP contribution in [0.25, 0.3) is 0 Å². The summed E-state index contributed by atoms with van der Waals surface area (Å²) in [5.41, 5.74) is 1.77. The molecule has 0 spiro atoms. The van der Waals surface area contributed by atoms with E-state index < -0.39 is 10.0 Å². The molecule has 7 nitrogen and oxygen atoms in total. The van der Waals surface area contributed by atoms with E-state index in [1.807, 2.05) is 24.3 Å². The van der Waals surface area contributed by atoms with Crippen molar-refractivity contribution in [3.8, 4) is 5.75 Å². The number of carbonyl (C=O) groups excluding carboxylic acids is 1. The first kappa shape index (κ1) is 20.3. The highest BCUT2D eigenvalue weighted by Gasteiger charge is 2.24. The maximum absolute atomic E-state index is 12.8. The molecular weight excluding hydrogens is 402 g/mol. The van der Waals surface area contributed by atoms with Crippen molar-refractivity contribution in [3.05, 3.63) is 53.1 Å². The quantitative estimate of drug-likeness (QED) is 0.799. The monoisotopic (exact) mass is 423 g/mol. The third-order valence-electron chi connectivity index (χ3n) is 4.51. The number of hydrogen-bond donors (Lipinski definition) is 1. The first-order valence-corrected chi connectivity index (χ1v) is 11.0. The largest absolute Gasteiger partial charge is 0.497 e. The minimum Gasteiger partial charge on any atom is -0.497 e. The minimum absolute atomic E-state index is 0.162. The zero-order valence-electron chi connectivity index (χ0n) is 15.7. The highest BCUT2D eigenvalue weighted by molar-refractivity contribution is 7.92. The molecule has 0 bridgehead atoms. The smallest absolute Gasteiger partial charge is 0.255 e. The van der Waals surface area contributed by atoms with Crippen LogP contribution < -0.4 is 14.4 Å². The number of methoxy groups -OCH3 is 1. The molecule has 2 aromatic carbocycles. The predicted molar refractivity (Wildman–Crippen MR) is 111 cm³/mol. The van der Waals surface area contributed by atoms with Crippen LogP contribution in [-0.2, 0) is 10.0 Å². The van der Waals surface area contributed by atoms with E-state index in [4.69, 9.17) is 16.3 Å². The molecule has 0 unspecified atom stereocenters. The molecule has 1 amide bonds. The van der Waals surface area contributed by atoms with Crippen LogP contribution >= 0.6 is 11.6 Å². The second kappa shape index (κ2) is 8.28. The van der Waals surface area contributed by atoms with Gasteiger partial charge in [-0.05, 0) is 42.5 Å². The van der Waals surface area contributed by atoms with E-state index >= 15 is 0 Å². The van der Waals surface area contributed by atoms with Crippen molar-refractivity contribution in [1.82, 2.24) is 4.90 Å². The number of anilines is 2. The third kappa shape index (κ3) is 4.88. The predicted octanol–water partition coefficient (Wildman–Crippen LogP) is 2.68. The van der Waals surface area contributed by atoms with Gasteiger partial charge in [0.25, 0.3) is 5.91 Å². The van der Waals surface area contributed by atoms with Crippen molar-refractivity contribution in [2.45, 2.75) is 0 Å². The van der Waals surface area contributed by atoms with Crippen LogP contribution in [0, 0.1) is 0 Å². The molecule has 1 fully saturated rings. The van der Waals surface area contributed by atoms with Crippen molar-refractivity contribution < 1.29 is 17.9 Å². The Morgan fingerprint density at radius 2 is 1.71 bits per heavy atom. The van der Waals surface area contributed by atoms with E-state index in [0.717, 1.165) is 17.7 Å². The molecule has 150 valence electrons. The molecule has 0 aromatic heterocycles. The Labute approximate surface area is 169 Å². The summed E-state index contributed by atoms with van der Waals surface area (Å²) in [6.07, 6.45) is 1.06. The second-order valence-electron chi connectivity index (χ2n) is 6.55. The first-order valence-electron chi connectivity index (χ1n) is 8.72. The van der Waals surface area contributed by atoms with Gasteiger partial charge in [0.2, 0.25) is 10.0 Å². The molecule has 3 rings (SSSR count). The van der Waals surface area contributed by atoms with E-state index in [1.165, 1.54) is 12.1 Å². The fourth-order valence-electron chi connectivity index (χ4n) is 3.10. The zero-order chi connectivity index (χ0) is 20.3. The number of amides is 1. The fraction of sp³-hybridized carbons (Fsp3) is 0.316.